The van der Waals surface area contributed by atoms with Crippen molar-refractivity contribution in [3.63, 3.8) is 0 Å². The number of carbonyl (C=O) groups excluding carboxylic acids is 2. The first-order valence-electron chi connectivity index (χ1n) is 6.27. The zero-order valence-electron chi connectivity index (χ0n) is 11.4. The number of hydrogen-bond donors (Lipinski definition) is 3. The molecule has 0 aliphatic rings. The summed E-state index contributed by atoms with van der Waals surface area (Å²) in [6, 6.07) is 2.92. The van der Waals surface area contributed by atoms with Gasteiger partial charge in [0, 0.05) is 30.8 Å². The highest BCUT2D eigenvalue weighted by atomic mass is 19.4. The van der Waals surface area contributed by atoms with E-state index in [-0.39, 0.29) is 24.4 Å². The largest absolute Gasteiger partial charge is 0.418 e. The van der Waals surface area contributed by atoms with Crippen molar-refractivity contribution in [2.45, 2.75) is 19.5 Å². The smallest absolute Gasteiger partial charge is 0.398 e. The van der Waals surface area contributed by atoms with Crippen LogP contribution in [0.25, 0.3) is 0 Å². The lowest BCUT2D eigenvalue weighted by Crippen LogP contribution is -2.30. The van der Waals surface area contributed by atoms with Crippen LogP contribution in [0.5, 0.6) is 0 Å². The molecule has 5 nitrogen and oxygen atoms in total. The van der Waals surface area contributed by atoms with Gasteiger partial charge < -0.3 is 16.4 Å². The molecule has 4 N–H and O–H groups in total. The number of anilines is 1. The van der Waals surface area contributed by atoms with Crippen LogP contribution >= 0.6 is 0 Å². The third kappa shape index (κ3) is 4.97. The van der Waals surface area contributed by atoms with Crippen LogP contribution in [-0.2, 0) is 11.0 Å². The van der Waals surface area contributed by atoms with Crippen LogP contribution in [0.4, 0.5) is 18.9 Å². The van der Waals surface area contributed by atoms with Gasteiger partial charge in [-0.15, -0.1) is 0 Å². The lowest BCUT2D eigenvalue weighted by molar-refractivity contribution is -0.136. The van der Waals surface area contributed by atoms with Gasteiger partial charge in [-0.3, -0.25) is 9.59 Å². The lowest BCUT2D eigenvalue weighted by Gasteiger charge is -2.12. The highest BCUT2D eigenvalue weighted by Crippen LogP contribution is 2.33. The molecule has 0 radical (unpaired) electrons. The summed E-state index contributed by atoms with van der Waals surface area (Å²) < 4.78 is 38.0. The summed E-state index contributed by atoms with van der Waals surface area (Å²) in [6.07, 6.45) is -4.57. The zero-order valence-corrected chi connectivity index (χ0v) is 11.4. The molecule has 0 unspecified atom stereocenters. The van der Waals surface area contributed by atoms with E-state index in [1.165, 1.54) is 6.07 Å². The molecule has 0 fully saturated rings. The third-order valence-corrected chi connectivity index (χ3v) is 2.63. The minimum absolute atomic E-state index is 0.0381. The standard InChI is InChI=1S/C13H16F3N3O2/c1-2-18-11(20)5-6-19-12(21)8-3-4-10(17)9(7-8)13(14,15)16/h3-4,7H,2,5-6,17H2,1H3,(H,18,20)(H,19,21). The molecule has 0 spiro atoms. The maximum atomic E-state index is 12.7. The molecule has 21 heavy (non-hydrogen) atoms. The van der Waals surface area contributed by atoms with E-state index in [0.717, 1.165) is 6.07 Å². The molecule has 0 heterocycles. The van der Waals surface area contributed by atoms with Gasteiger partial charge >= 0.3 is 6.18 Å². The average Bonchev–Trinajstić information content (AvgIpc) is 2.38. The first kappa shape index (κ1) is 16.8. The lowest BCUT2D eigenvalue weighted by atomic mass is 10.1. The van der Waals surface area contributed by atoms with Gasteiger partial charge in [0.2, 0.25) is 5.91 Å². The van der Waals surface area contributed by atoms with Crippen molar-refractivity contribution in [2.75, 3.05) is 18.8 Å². The summed E-state index contributed by atoms with van der Waals surface area (Å²) >= 11 is 0. The van der Waals surface area contributed by atoms with Gasteiger partial charge in [-0.05, 0) is 25.1 Å². The van der Waals surface area contributed by atoms with E-state index in [0.29, 0.717) is 12.6 Å². The Labute approximate surface area is 119 Å². The predicted octanol–water partition coefficient (Wildman–Crippen LogP) is 1.54. The molecular formula is C13H16F3N3O2. The van der Waals surface area contributed by atoms with E-state index in [1.807, 2.05) is 0 Å². The van der Waals surface area contributed by atoms with Gasteiger partial charge in [0.1, 0.15) is 0 Å². The Hall–Kier alpha value is -2.25. The molecule has 1 rings (SSSR count). The zero-order chi connectivity index (χ0) is 16.0. The summed E-state index contributed by atoms with van der Waals surface area (Å²) in [6.45, 7) is 2.26. The predicted molar refractivity (Wildman–Crippen MR) is 71.5 cm³/mol. The van der Waals surface area contributed by atoms with E-state index in [1.54, 1.807) is 6.92 Å². The minimum Gasteiger partial charge on any atom is -0.398 e. The van der Waals surface area contributed by atoms with Gasteiger partial charge in [-0.1, -0.05) is 0 Å². The Morgan fingerprint density at radius 3 is 2.48 bits per heavy atom. The molecule has 0 aliphatic heterocycles. The third-order valence-electron chi connectivity index (χ3n) is 2.63. The average molecular weight is 303 g/mol. The van der Waals surface area contributed by atoms with Crippen LogP contribution in [0.3, 0.4) is 0 Å². The van der Waals surface area contributed by atoms with Crippen LogP contribution in [0.1, 0.15) is 29.3 Å². The molecule has 0 saturated carbocycles. The van der Waals surface area contributed by atoms with Crippen molar-refractivity contribution in [1.82, 2.24) is 10.6 Å². The number of alkyl halides is 3. The number of halogens is 3. The molecule has 2 amide bonds. The number of hydrogen-bond acceptors (Lipinski definition) is 3. The van der Waals surface area contributed by atoms with E-state index < -0.39 is 23.3 Å². The second-order valence-electron chi connectivity index (χ2n) is 4.26. The Balaban J connectivity index is 2.69. The van der Waals surface area contributed by atoms with E-state index in [9.17, 15) is 22.8 Å². The summed E-state index contributed by atoms with van der Waals surface area (Å²) in [7, 11) is 0. The van der Waals surface area contributed by atoms with E-state index >= 15 is 0 Å². The number of amides is 2. The first-order valence-corrected chi connectivity index (χ1v) is 6.27. The van der Waals surface area contributed by atoms with Crippen molar-refractivity contribution in [1.29, 1.82) is 0 Å². The van der Waals surface area contributed by atoms with Gasteiger partial charge in [0.05, 0.1) is 5.56 Å². The molecule has 0 saturated heterocycles. The molecule has 1 aromatic carbocycles. The van der Waals surface area contributed by atoms with Gasteiger partial charge in [-0.2, -0.15) is 13.2 Å². The molecular weight excluding hydrogens is 287 g/mol. The maximum absolute atomic E-state index is 12.7. The van der Waals surface area contributed by atoms with Crippen molar-refractivity contribution in [3.8, 4) is 0 Å². The molecule has 0 aliphatic carbocycles. The number of carbonyl (C=O) groups is 2. The molecule has 1 aromatic rings. The fourth-order valence-corrected chi connectivity index (χ4v) is 1.62. The van der Waals surface area contributed by atoms with Crippen LogP contribution in [0.15, 0.2) is 18.2 Å². The quantitative estimate of drug-likeness (QED) is 0.721. The van der Waals surface area contributed by atoms with Crippen molar-refractivity contribution in [3.05, 3.63) is 29.3 Å². The van der Waals surface area contributed by atoms with Crippen LogP contribution in [-0.4, -0.2) is 24.9 Å². The number of nitrogen functional groups attached to an aromatic ring is 1. The summed E-state index contributed by atoms with van der Waals surface area (Å²) in [5.74, 6) is -0.934. The van der Waals surface area contributed by atoms with Gasteiger partial charge in [0.15, 0.2) is 0 Å². The van der Waals surface area contributed by atoms with Crippen LogP contribution < -0.4 is 16.4 Å². The second kappa shape index (κ2) is 6.96. The Bertz CT molecular complexity index is 530. The van der Waals surface area contributed by atoms with Crippen LogP contribution in [0.2, 0.25) is 0 Å². The molecule has 0 bridgehead atoms. The number of nitrogens with one attached hydrogen (secondary N) is 2. The van der Waals surface area contributed by atoms with Crippen molar-refractivity contribution >= 4 is 17.5 Å². The highest BCUT2D eigenvalue weighted by Gasteiger charge is 2.33. The Morgan fingerprint density at radius 2 is 1.90 bits per heavy atom. The number of rotatable bonds is 5. The fourth-order valence-electron chi connectivity index (χ4n) is 1.62. The second-order valence-corrected chi connectivity index (χ2v) is 4.26. The van der Waals surface area contributed by atoms with Crippen molar-refractivity contribution < 1.29 is 22.8 Å². The Morgan fingerprint density at radius 1 is 1.24 bits per heavy atom. The number of nitrogens with two attached hydrogens (primary N) is 1. The Kier molecular flexibility index (Phi) is 5.57. The van der Waals surface area contributed by atoms with E-state index in [2.05, 4.69) is 10.6 Å². The molecule has 116 valence electrons. The topological polar surface area (TPSA) is 84.2 Å². The molecule has 0 atom stereocenters. The monoisotopic (exact) mass is 303 g/mol. The fraction of sp³-hybridized carbons (Fsp3) is 0.385. The highest BCUT2D eigenvalue weighted by molar-refractivity contribution is 5.95. The van der Waals surface area contributed by atoms with Gasteiger partial charge in [-0.25, -0.2) is 0 Å². The van der Waals surface area contributed by atoms with Crippen molar-refractivity contribution in [2.24, 2.45) is 0 Å². The summed E-state index contributed by atoms with van der Waals surface area (Å²) in [5, 5.41) is 4.92. The molecule has 8 heteroatoms. The van der Waals surface area contributed by atoms with E-state index in [4.69, 9.17) is 5.73 Å². The van der Waals surface area contributed by atoms with Gasteiger partial charge in [0.25, 0.3) is 5.91 Å². The summed E-state index contributed by atoms with van der Waals surface area (Å²) in [4.78, 5) is 22.9. The number of benzene rings is 1. The SMILES string of the molecule is CCNC(=O)CCNC(=O)c1ccc(N)c(C(F)(F)F)c1. The summed E-state index contributed by atoms with van der Waals surface area (Å²) in [5.41, 5.74) is 3.58. The normalized spacial score (nSPS) is 11.0. The van der Waals surface area contributed by atoms with Crippen LogP contribution in [0, 0.1) is 0 Å². The maximum Gasteiger partial charge on any atom is 0.418 e. The minimum atomic E-state index is -4.62. The molecule has 0 aromatic heterocycles. The first-order chi connectivity index (χ1) is 9.75.